The minimum atomic E-state index is -4.27. The Bertz CT molecular complexity index is 1480. The number of carboxylic acid groups (broad SMARTS) is 1. The van der Waals surface area contributed by atoms with Crippen molar-refractivity contribution in [3.05, 3.63) is 82.1 Å². The molecule has 33 heavy (non-hydrogen) atoms. The molecule has 1 aliphatic heterocycles. The maximum atomic E-state index is 14.9. The fraction of sp³-hybridized carbons (Fsp3) is 0.200. The van der Waals surface area contributed by atoms with Crippen LogP contribution in [0.1, 0.15) is 24.5 Å². The number of nitrogens with zero attached hydrogens (tertiary/aromatic N) is 1. The smallest absolute Gasteiger partial charge is 0.307 e. The first-order valence-electron chi connectivity index (χ1n) is 10.4. The lowest BCUT2D eigenvalue weighted by atomic mass is 10.0. The normalized spacial score (nSPS) is 15.2. The molecule has 6 nitrogen and oxygen atoms in total. The van der Waals surface area contributed by atoms with Crippen molar-refractivity contribution >= 4 is 32.8 Å². The van der Waals surface area contributed by atoms with Crippen LogP contribution in [0.15, 0.2) is 69.4 Å². The summed E-state index contributed by atoms with van der Waals surface area (Å²) in [6, 6.07) is 13.9. The molecule has 0 bridgehead atoms. The van der Waals surface area contributed by atoms with Gasteiger partial charge in [-0.2, -0.15) is 0 Å². The predicted octanol–water partition coefficient (Wildman–Crippen LogP) is 3.67. The second-order valence-electron chi connectivity index (χ2n) is 8.20. The topological polar surface area (TPSA) is 95.8 Å². The van der Waals surface area contributed by atoms with Crippen molar-refractivity contribution in [2.75, 3.05) is 5.32 Å². The van der Waals surface area contributed by atoms with Crippen molar-refractivity contribution in [2.45, 2.75) is 43.0 Å². The van der Waals surface area contributed by atoms with E-state index in [1.165, 1.54) is 18.2 Å². The number of halogens is 1. The summed E-state index contributed by atoms with van der Waals surface area (Å²) in [5.74, 6) is -2.06. The molecule has 1 unspecified atom stereocenters. The van der Waals surface area contributed by atoms with Gasteiger partial charge >= 0.3 is 5.97 Å². The summed E-state index contributed by atoms with van der Waals surface area (Å²) in [5, 5.41) is 12.9. The fourth-order valence-corrected chi connectivity index (χ4v) is 5.73. The number of carboxylic acids is 1. The van der Waals surface area contributed by atoms with Gasteiger partial charge in [0, 0.05) is 16.6 Å². The minimum Gasteiger partial charge on any atom is -0.481 e. The molecule has 3 aromatic rings. The molecule has 0 fully saturated rings. The molecule has 4 rings (SSSR count). The molecule has 0 saturated carbocycles. The van der Waals surface area contributed by atoms with E-state index in [1.807, 2.05) is 26.0 Å². The Morgan fingerprint density at radius 1 is 1.03 bits per heavy atom. The van der Waals surface area contributed by atoms with Crippen molar-refractivity contribution in [3.63, 3.8) is 0 Å². The Hall–Kier alpha value is -3.52. The van der Waals surface area contributed by atoms with Gasteiger partial charge in [-0.3, -0.25) is 9.79 Å². The van der Waals surface area contributed by atoms with Crippen molar-refractivity contribution in [2.24, 2.45) is 4.99 Å². The maximum Gasteiger partial charge on any atom is 0.307 e. The molecule has 0 saturated heterocycles. The molecule has 0 aromatic heterocycles. The summed E-state index contributed by atoms with van der Waals surface area (Å²) >= 11 is 0. The number of benzene rings is 3. The van der Waals surface area contributed by atoms with Gasteiger partial charge in [-0.1, -0.05) is 6.07 Å². The molecule has 3 aromatic carbocycles. The molecule has 0 amide bonds. The molecule has 0 spiro atoms. The quantitative estimate of drug-likeness (QED) is 0.578. The highest BCUT2D eigenvalue weighted by Crippen LogP contribution is 2.26. The van der Waals surface area contributed by atoms with Crippen LogP contribution in [0.5, 0.6) is 0 Å². The van der Waals surface area contributed by atoms with Gasteiger partial charge in [0.1, 0.15) is 10.7 Å². The lowest BCUT2D eigenvalue weighted by Gasteiger charge is -2.11. The Morgan fingerprint density at radius 2 is 1.67 bits per heavy atom. The minimum absolute atomic E-state index is 0.0577. The molecule has 1 aliphatic rings. The summed E-state index contributed by atoms with van der Waals surface area (Å²) in [7, 11) is -4.27. The zero-order chi connectivity index (χ0) is 23.9. The third kappa shape index (κ3) is 4.39. The molecule has 170 valence electrons. The summed E-state index contributed by atoms with van der Waals surface area (Å²) in [4.78, 5) is 15.1. The average molecular weight is 467 g/mol. The van der Waals surface area contributed by atoms with Crippen molar-refractivity contribution in [1.82, 2.24) is 0 Å². The molecule has 1 atom stereocenters. The van der Waals surface area contributed by atoms with Crippen molar-refractivity contribution < 1.29 is 22.7 Å². The average Bonchev–Trinajstić information content (AvgIpc) is 3.02. The van der Waals surface area contributed by atoms with E-state index in [1.54, 1.807) is 19.1 Å². The number of carbonyl (C=O) groups is 1. The Balaban J connectivity index is 1.78. The highest BCUT2D eigenvalue weighted by atomic mass is 32.2. The van der Waals surface area contributed by atoms with Gasteiger partial charge in [0.05, 0.1) is 22.7 Å². The number of hydrogen-bond donors (Lipinski definition) is 2. The van der Waals surface area contributed by atoms with Crippen LogP contribution in [0.2, 0.25) is 0 Å². The van der Waals surface area contributed by atoms with E-state index in [4.69, 9.17) is 0 Å². The van der Waals surface area contributed by atoms with Gasteiger partial charge in [0.15, 0.2) is 0 Å². The Labute approximate surface area is 191 Å². The lowest BCUT2D eigenvalue weighted by molar-refractivity contribution is -0.135. The molecular formula is C25H23FN2O4S. The molecule has 1 heterocycles. The number of hydrogen-bond acceptors (Lipinski definition) is 5. The first-order chi connectivity index (χ1) is 15.6. The van der Waals surface area contributed by atoms with Crippen LogP contribution >= 0.6 is 0 Å². The van der Waals surface area contributed by atoms with Crippen LogP contribution in [0.4, 0.5) is 15.8 Å². The summed E-state index contributed by atoms with van der Waals surface area (Å²) in [5.41, 5.74) is 4.03. The Morgan fingerprint density at radius 3 is 2.27 bits per heavy atom. The summed E-state index contributed by atoms with van der Waals surface area (Å²) in [6.45, 7) is 5.65. The van der Waals surface area contributed by atoms with E-state index in [0.717, 1.165) is 22.9 Å². The molecule has 8 heteroatoms. The van der Waals surface area contributed by atoms with Crippen LogP contribution in [0.3, 0.4) is 0 Å². The van der Waals surface area contributed by atoms with Crippen LogP contribution in [0, 0.1) is 19.7 Å². The van der Waals surface area contributed by atoms with E-state index >= 15 is 0 Å². The number of sulfone groups is 1. The molecule has 0 radical (unpaired) electrons. The van der Waals surface area contributed by atoms with Crippen molar-refractivity contribution in [1.29, 1.82) is 0 Å². The van der Waals surface area contributed by atoms with E-state index in [9.17, 15) is 22.7 Å². The zero-order valence-electron chi connectivity index (χ0n) is 18.4. The maximum absolute atomic E-state index is 14.9. The first-order valence-corrected chi connectivity index (χ1v) is 11.9. The van der Waals surface area contributed by atoms with Gasteiger partial charge in [-0.25, -0.2) is 12.8 Å². The summed E-state index contributed by atoms with van der Waals surface area (Å²) in [6.07, 6.45) is -0.414. The number of aryl methyl sites for hydroxylation is 2. The van der Waals surface area contributed by atoms with E-state index in [0.29, 0.717) is 5.69 Å². The van der Waals surface area contributed by atoms with E-state index < -0.39 is 39.0 Å². The monoisotopic (exact) mass is 466 g/mol. The van der Waals surface area contributed by atoms with E-state index in [2.05, 4.69) is 16.4 Å². The van der Waals surface area contributed by atoms with Crippen LogP contribution in [0.25, 0.3) is 5.57 Å². The lowest BCUT2D eigenvalue weighted by Crippen LogP contribution is -2.32. The number of rotatable bonds is 6. The Kier molecular flexibility index (Phi) is 5.80. The predicted molar refractivity (Wildman–Crippen MR) is 123 cm³/mol. The number of fused-ring (bicyclic) bond motifs is 1. The molecule has 2 N–H and O–H groups in total. The fourth-order valence-electron chi connectivity index (χ4n) is 4.17. The van der Waals surface area contributed by atoms with Crippen LogP contribution < -0.4 is 15.9 Å². The summed E-state index contributed by atoms with van der Waals surface area (Å²) < 4.78 is 41.8. The highest BCUT2D eigenvalue weighted by molar-refractivity contribution is 7.91. The second-order valence-corrected chi connectivity index (χ2v) is 10.1. The van der Waals surface area contributed by atoms with Gasteiger partial charge in [-0.15, -0.1) is 0 Å². The van der Waals surface area contributed by atoms with E-state index in [-0.39, 0.29) is 21.0 Å². The van der Waals surface area contributed by atoms with Crippen LogP contribution in [-0.2, 0) is 14.6 Å². The van der Waals surface area contributed by atoms with Gasteiger partial charge in [-0.05, 0) is 86.0 Å². The SMILES string of the molecule is Cc1cc(C)cc(Nc2ccc(S(=O)(=O)c3c(F)ccc4c3=C(CC(=O)O)C(C)N=4)cc2)c1. The molecule has 0 aliphatic carbocycles. The number of nitrogens with one attached hydrogen (secondary N) is 1. The van der Waals surface area contributed by atoms with Gasteiger partial charge < -0.3 is 10.4 Å². The van der Waals surface area contributed by atoms with Gasteiger partial charge in [0.2, 0.25) is 9.84 Å². The second kappa shape index (κ2) is 8.44. The highest BCUT2D eigenvalue weighted by Gasteiger charge is 2.29. The molecular weight excluding hydrogens is 443 g/mol. The van der Waals surface area contributed by atoms with Gasteiger partial charge in [0.25, 0.3) is 0 Å². The third-order valence-corrected chi connectivity index (χ3v) is 7.36. The van der Waals surface area contributed by atoms with Crippen LogP contribution in [-0.4, -0.2) is 25.5 Å². The standard InChI is InChI=1S/C25H23FN2O4S/c1-14-10-15(2)12-18(11-14)28-17-4-6-19(7-5-17)33(31,32)25-21(26)8-9-22-24(25)20(13-23(29)30)16(3)27-22/h4-12,16,28H,13H2,1-3H3,(H,29,30). The third-order valence-electron chi connectivity index (χ3n) is 5.53. The number of aliphatic carboxylic acids is 1. The van der Waals surface area contributed by atoms with Crippen molar-refractivity contribution in [3.8, 4) is 0 Å². The number of anilines is 2. The first kappa shape index (κ1) is 22.7. The largest absolute Gasteiger partial charge is 0.481 e. The zero-order valence-corrected chi connectivity index (χ0v) is 19.2.